The summed E-state index contributed by atoms with van der Waals surface area (Å²) in [4.78, 5) is 21.0. The van der Waals surface area contributed by atoms with E-state index >= 15 is 0 Å². The Balaban J connectivity index is 2.66. The van der Waals surface area contributed by atoms with E-state index in [9.17, 15) is 9.59 Å². The van der Waals surface area contributed by atoms with Crippen LogP contribution in [0, 0.1) is 0 Å². The second-order valence-corrected chi connectivity index (χ2v) is 2.77. The van der Waals surface area contributed by atoms with E-state index < -0.39 is 0 Å². The smallest absolute Gasteiger partial charge is 0.251 e. The summed E-state index contributed by atoms with van der Waals surface area (Å²) in [5.41, 5.74) is 0.472. The zero-order valence-electron chi connectivity index (χ0n) is 6.71. The Morgan fingerprint density at radius 2 is 2.00 bits per heavy atom. The summed E-state index contributed by atoms with van der Waals surface area (Å²) in [5, 5.41) is 2.93. The number of hydrogen-bond donors (Lipinski definition) is 1. The first-order valence-corrected chi connectivity index (χ1v) is 4.00. The number of rotatable bonds is 3. The van der Waals surface area contributed by atoms with E-state index in [-0.39, 0.29) is 12.5 Å². The fourth-order valence-electron chi connectivity index (χ4n) is 0.820. The Morgan fingerprint density at radius 1 is 1.38 bits per heavy atom. The van der Waals surface area contributed by atoms with Crippen molar-refractivity contribution in [1.82, 2.24) is 5.32 Å². The third kappa shape index (κ3) is 2.87. The largest absolute Gasteiger partial charge is 0.344 e. The third-order valence-corrected chi connectivity index (χ3v) is 1.68. The number of nitrogens with one attached hydrogen (secondary N) is 1. The number of amides is 1. The Labute approximate surface area is 80.7 Å². The fraction of sp³-hybridized carbons (Fsp3) is 0.111. The van der Waals surface area contributed by atoms with Gasteiger partial charge in [0, 0.05) is 10.6 Å². The molecule has 1 aromatic rings. The number of carbonyl (C=O) groups excluding carboxylic acids is 2. The minimum absolute atomic E-state index is 0.0958. The molecule has 0 aliphatic rings. The van der Waals surface area contributed by atoms with Crippen molar-refractivity contribution in [3.63, 3.8) is 0 Å². The van der Waals surface area contributed by atoms with E-state index in [0.29, 0.717) is 10.6 Å². The minimum atomic E-state index is -0.306. The normalized spacial score (nSPS) is 9.31. The quantitative estimate of drug-likeness (QED) is 0.789. The van der Waals surface area contributed by atoms with Crippen molar-refractivity contribution in [2.24, 2.45) is 0 Å². The van der Waals surface area contributed by atoms with Crippen LogP contribution in [0.5, 0.6) is 0 Å². The summed E-state index contributed by atoms with van der Waals surface area (Å²) in [6.07, 6.45) is 1.57. The Bertz CT molecular complexity index is 308. The summed E-state index contributed by atoms with van der Waals surface area (Å²) in [7, 11) is 0. The van der Waals surface area contributed by atoms with Gasteiger partial charge in [0.05, 0.1) is 6.54 Å². The zero-order chi connectivity index (χ0) is 9.68. The molecule has 0 heterocycles. The standard InChI is InChI=1S/C9H7ClNO2/c10-8-3-1-7(2-4-8)9(13)11-5-6-12/h1-4H,5H2,(H,11,13). The molecule has 1 radical (unpaired) electrons. The summed E-state index contributed by atoms with van der Waals surface area (Å²) in [6, 6.07) is 6.40. The van der Waals surface area contributed by atoms with Gasteiger partial charge in [0.15, 0.2) is 0 Å². The molecule has 3 nitrogen and oxygen atoms in total. The van der Waals surface area contributed by atoms with Crippen LogP contribution in [-0.4, -0.2) is 18.7 Å². The van der Waals surface area contributed by atoms with Gasteiger partial charge in [-0.2, -0.15) is 0 Å². The molecule has 1 N–H and O–H groups in total. The molecule has 0 bridgehead atoms. The maximum atomic E-state index is 11.2. The summed E-state index contributed by atoms with van der Waals surface area (Å²) in [6.45, 7) is -0.0958. The van der Waals surface area contributed by atoms with Gasteiger partial charge in [-0.25, -0.2) is 0 Å². The van der Waals surface area contributed by atoms with Crippen molar-refractivity contribution in [3.8, 4) is 0 Å². The van der Waals surface area contributed by atoms with Gasteiger partial charge < -0.3 is 5.32 Å². The van der Waals surface area contributed by atoms with Crippen LogP contribution in [0.4, 0.5) is 0 Å². The molecule has 0 saturated carbocycles. The van der Waals surface area contributed by atoms with Crippen molar-refractivity contribution in [1.29, 1.82) is 0 Å². The van der Waals surface area contributed by atoms with Gasteiger partial charge in [0.1, 0.15) is 0 Å². The van der Waals surface area contributed by atoms with Gasteiger partial charge in [-0.05, 0) is 24.3 Å². The number of benzene rings is 1. The lowest BCUT2D eigenvalue weighted by Crippen LogP contribution is -2.24. The van der Waals surface area contributed by atoms with Gasteiger partial charge in [-0.15, -0.1) is 0 Å². The van der Waals surface area contributed by atoms with Gasteiger partial charge in [0.2, 0.25) is 6.29 Å². The average molecular weight is 197 g/mol. The Kier molecular flexibility index (Phi) is 3.46. The molecule has 0 atom stereocenters. The highest BCUT2D eigenvalue weighted by Gasteiger charge is 2.02. The minimum Gasteiger partial charge on any atom is -0.344 e. The van der Waals surface area contributed by atoms with Gasteiger partial charge >= 0.3 is 0 Å². The molecule has 0 spiro atoms. The van der Waals surface area contributed by atoms with Crippen molar-refractivity contribution >= 4 is 23.8 Å². The molecule has 4 heteroatoms. The molecule has 1 aromatic carbocycles. The second-order valence-electron chi connectivity index (χ2n) is 2.33. The molecule has 0 aliphatic heterocycles. The van der Waals surface area contributed by atoms with Crippen LogP contribution >= 0.6 is 11.6 Å². The third-order valence-electron chi connectivity index (χ3n) is 1.43. The molecule has 0 unspecified atom stereocenters. The first-order valence-electron chi connectivity index (χ1n) is 3.63. The highest BCUT2D eigenvalue weighted by molar-refractivity contribution is 6.30. The lowest BCUT2D eigenvalue weighted by atomic mass is 10.2. The van der Waals surface area contributed by atoms with E-state index in [1.165, 1.54) is 0 Å². The van der Waals surface area contributed by atoms with Gasteiger partial charge in [-0.1, -0.05) is 11.6 Å². The van der Waals surface area contributed by atoms with Crippen molar-refractivity contribution in [2.75, 3.05) is 6.54 Å². The predicted molar refractivity (Wildman–Crippen MR) is 49.5 cm³/mol. The molecule has 13 heavy (non-hydrogen) atoms. The van der Waals surface area contributed by atoms with Crippen LogP contribution in [-0.2, 0) is 4.79 Å². The molecule has 67 valence electrons. The van der Waals surface area contributed by atoms with Gasteiger partial charge in [-0.3, -0.25) is 9.59 Å². The summed E-state index contributed by atoms with van der Waals surface area (Å²) >= 11 is 5.63. The Morgan fingerprint density at radius 3 is 2.54 bits per heavy atom. The maximum Gasteiger partial charge on any atom is 0.251 e. The van der Waals surface area contributed by atoms with E-state index in [2.05, 4.69) is 5.32 Å². The monoisotopic (exact) mass is 196 g/mol. The highest BCUT2D eigenvalue weighted by Crippen LogP contribution is 2.08. The summed E-state index contributed by atoms with van der Waals surface area (Å²) in [5.74, 6) is -0.306. The van der Waals surface area contributed by atoms with Crippen LogP contribution in [0.25, 0.3) is 0 Å². The number of carbonyl (C=O) groups is 1. The van der Waals surface area contributed by atoms with E-state index in [1.807, 2.05) is 0 Å². The van der Waals surface area contributed by atoms with Crippen LogP contribution in [0.3, 0.4) is 0 Å². The molecule has 1 amide bonds. The number of hydrogen-bond acceptors (Lipinski definition) is 2. The van der Waals surface area contributed by atoms with Crippen LogP contribution < -0.4 is 5.32 Å². The van der Waals surface area contributed by atoms with Crippen LogP contribution in [0.15, 0.2) is 24.3 Å². The molecular weight excluding hydrogens is 190 g/mol. The van der Waals surface area contributed by atoms with E-state index in [0.717, 1.165) is 0 Å². The molecule has 0 aliphatic carbocycles. The SMILES string of the molecule is O=[C]CNC(=O)c1ccc(Cl)cc1. The van der Waals surface area contributed by atoms with E-state index in [4.69, 9.17) is 11.6 Å². The van der Waals surface area contributed by atoms with E-state index in [1.54, 1.807) is 30.6 Å². The number of halogens is 1. The molecule has 0 fully saturated rings. The van der Waals surface area contributed by atoms with Crippen molar-refractivity contribution in [2.45, 2.75) is 0 Å². The molecule has 0 aromatic heterocycles. The Hall–Kier alpha value is -1.35. The molecular formula is C9H7ClNO2. The fourth-order valence-corrected chi connectivity index (χ4v) is 0.946. The second kappa shape index (κ2) is 4.62. The highest BCUT2D eigenvalue weighted by atomic mass is 35.5. The topological polar surface area (TPSA) is 46.2 Å². The lowest BCUT2D eigenvalue weighted by molar-refractivity contribution is 0.0959. The first-order chi connectivity index (χ1) is 6.24. The average Bonchev–Trinajstić information content (AvgIpc) is 2.15. The summed E-state index contributed by atoms with van der Waals surface area (Å²) < 4.78 is 0. The first kappa shape index (κ1) is 9.74. The van der Waals surface area contributed by atoms with Crippen molar-refractivity contribution in [3.05, 3.63) is 34.9 Å². The zero-order valence-corrected chi connectivity index (χ0v) is 7.47. The van der Waals surface area contributed by atoms with Crippen LogP contribution in [0.1, 0.15) is 10.4 Å². The van der Waals surface area contributed by atoms with Crippen LogP contribution in [0.2, 0.25) is 5.02 Å². The molecule has 0 saturated heterocycles. The lowest BCUT2D eigenvalue weighted by Gasteiger charge is -2.00. The maximum absolute atomic E-state index is 11.2. The molecule has 1 rings (SSSR count). The van der Waals surface area contributed by atoms with Gasteiger partial charge in [0.25, 0.3) is 5.91 Å². The predicted octanol–water partition coefficient (Wildman–Crippen LogP) is 1.18. The van der Waals surface area contributed by atoms with Crippen molar-refractivity contribution < 1.29 is 9.59 Å².